The molecule has 104 valence electrons. The van der Waals surface area contributed by atoms with E-state index in [-0.39, 0.29) is 0 Å². The molecule has 0 aliphatic carbocycles. The number of hydrogen-bond acceptors (Lipinski definition) is 2. The second kappa shape index (κ2) is 6.06. The maximum absolute atomic E-state index is 5.68. The van der Waals surface area contributed by atoms with Gasteiger partial charge in [-0.2, -0.15) is 0 Å². The summed E-state index contributed by atoms with van der Waals surface area (Å²) in [5.41, 5.74) is 11.6. The summed E-state index contributed by atoms with van der Waals surface area (Å²) in [6, 6.07) is 14.6. The maximum atomic E-state index is 5.68. The standard InChI is InChI=1S/C17H20N2S/c1-12-7-8-16(13(2)9-12)19(3)11-14-5-4-6-15(10-14)17(18)20/h4-10H,11H2,1-3H3,(H2,18,20). The molecule has 0 saturated carbocycles. The average Bonchev–Trinajstić information content (AvgIpc) is 2.38. The van der Waals surface area contributed by atoms with E-state index in [1.54, 1.807) is 0 Å². The Morgan fingerprint density at radius 3 is 2.55 bits per heavy atom. The van der Waals surface area contributed by atoms with E-state index < -0.39 is 0 Å². The van der Waals surface area contributed by atoms with Crippen LogP contribution < -0.4 is 10.6 Å². The van der Waals surface area contributed by atoms with Gasteiger partial charge in [0.15, 0.2) is 0 Å². The van der Waals surface area contributed by atoms with Gasteiger partial charge in [0.1, 0.15) is 4.99 Å². The first kappa shape index (κ1) is 14.5. The van der Waals surface area contributed by atoms with Gasteiger partial charge in [-0.15, -0.1) is 0 Å². The molecular formula is C17H20N2S. The van der Waals surface area contributed by atoms with Crippen molar-refractivity contribution in [3.8, 4) is 0 Å². The van der Waals surface area contributed by atoms with Crippen molar-refractivity contribution in [3.05, 3.63) is 64.7 Å². The molecule has 2 nitrogen and oxygen atoms in total. The quantitative estimate of drug-likeness (QED) is 0.870. The zero-order chi connectivity index (χ0) is 14.7. The average molecular weight is 284 g/mol. The van der Waals surface area contributed by atoms with Crippen molar-refractivity contribution in [1.29, 1.82) is 0 Å². The molecule has 2 aromatic carbocycles. The smallest absolute Gasteiger partial charge is 0.103 e. The molecular weight excluding hydrogens is 264 g/mol. The summed E-state index contributed by atoms with van der Waals surface area (Å²) in [6.45, 7) is 5.09. The van der Waals surface area contributed by atoms with Gasteiger partial charge in [-0.1, -0.05) is 48.1 Å². The minimum Gasteiger partial charge on any atom is -0.389 e. The van der Waals surface area contributed by atoms with Gasteiger partial charge in [-0.25, -0.2) is 0 Å². The zero-order valence-corrected chi connectivity index (χ0v) is 13.0. The summed E-state index contributed by atoms with van der Waals surface area (Å²) >= 11 is 5.03. The Bertz CT molecular complexity index is 635. The first-order chi connectivity index (χ1) is 9.47. The predicted octanol–water partition coefficient (Wildman–Crippen LogP) is 3.57. The molecule has 0 bridgehead atoms. The fourth-order valence-electron chi connectivity index (χ4n) is 2.42. The third kappa shape index (κ3) is 3.36. The summed E-state index contributed by atoms with van der Waals surface area (Å²) in [4.78, 5) is 2.69. The normalized spacial score (nSPS) is 10.3. The van der Waals surface area contributed by atoms with E-state index in [1.165, 1.54) is 22.4 Å². The highest BCUT2D eigenvalue weighted by Gasteiger charge is 2.06. The largest absolute Gasteiger partial charge is 0.389 e. The Hall–Kier alpha value is -1.87. The lowest BCUT2D eigenvalue weighted by Gasteiger charge is -2.22. The Labute approximate surface area is 126 Å². The summed E-state index contributed by atoms with van der Waals surface area (Å²) in [5, 5.41) is 0. The van der Waals surface area contributed by atoms with E-state index in [2.05, 4.69) is 56.1 Å². The molecule has 0 spiro atoms. The van der Waals surface area contributed by atoms with Gasteiger partial charge in [0.05, 0.1) is 0 Å². The number of hydrogen-bond donors (Lipinski definition) is 1. The molecule has 2 rings (SSSR count). The number of aryl methyl sites for hydroxylation is 2. The maximum Gasteiger partial charge on any atom is 0.103 e. The van der Waals surface area contributed by atoms with Crippen LogP contribution in [0.2, 0.25) is 0 Å². The Balaban J connectivity index is 2.21. The first-order valence-electron chi connectivity index (χ1n) is 6.64. The minimum atomic E-state index is 0.445. The van der Waals surface area contributed by atoms with Gasteiger partial charge in [0, 0.05) is 24.8 Å². The number of nitrogens with two attached hydrogens (primary N) is 1. The molecule has 0 aromatic heterocycles. The lowest BCUT2D eigenvalue weighted by molar-refractivity contribution is 0.916. The fourth-order valence-corrected chi connectivity index (χ4v) is 2.54. The molecule has 0 atom stereocenters. The zero-order valence-electron chi connectivity index (χ0n) is 12.2. The summed E-state index contributed by atoms with van der Waals surface area (Å²) in [6.07, 6.45) is 0. The lowest BCUT2D eigenvalue weighted by Crippen LogP contribution is -2.18. The molecule has 0 fully saturated rings. The van der Waals surface area contributed by atoms with Crippen molar-refractivity contribution in [2.45, 2.75) is 20.4 Å². The lowest BCUT2D eigenvalue weighted by atomic mass is 10.1. The number of benzene rings is 2. The van der Waals surface area contributed by atoms with E-state index in [9.17, 15) is 0 Å². The van der Waals surface area contributed by atoms with Crippen molar-refractivity contribution in [2.24, 2.45) is 5.73 Å². The molecule has 0 amide bonds. The summed E-state index contributed by atoms with van der Waals surface area (Å²) < 4.78 is 0. The van der Waals surface area contributed by atoms with Crippen molar-refractivity contribution in [2.75, 3.05) is 11.9 Å². The van der Waals surface area contributed by atoms with Crippen LogP contribution in [0.5, 0.6) is 0 Å². The Kier molecular flexibility index (Phi) is 4.40. The number of rotatable bonds is 4. The predicted molar refractivity (Wildman–Crippen MR) is 90.4 cm³/mol. The highest BCUT2D eigenvalue weighted by Crippen LogP contribution is 2.21. The molecule has 20 heavy (non-hydrogen) atoms. The third-order valence-corrected chi connectivity index (χ3v) is 3.63. The molecule has 0 aliphatic rings. The van der Waals surface area contributed by atoms with Crippen LogP contribution in [-0.4, -0.2) is 12.0 Å². The van der Waals surface area contributed by atoms with E-state index >= 15 is 0 Å². The van der Waals surface area contributed by atoms with Crippen LogP contribution in [0.15, 0.2) is 42.5 Å². The molecule has 0 saturated heterocycles. The summed E-state index contributed by atoms with van der Waals surface area (Å²) in [7, 11) is 2.10. The number of thiocarbonyl (C=S) groups is 1. The second-order valence-electron chi connectivity index (χ2n) is 5.21. The van der Waals surface area contributed by atoms with Gasteiger partial charge in [-0.05, 0) is 37.1 Å². The number of nitrogens with zero attached hydrogens (tertiary/aromatic N) is 1. The molecule has 2 N–H and O–H groups in total. The van der Waals surface area contributed by atoms with Crippen molar-refractivity contribution in [3.63, 3.8) is 0 Å². The molecule has 0 aliphatic heterocycles. The minimum absolute atomic E-state index is 0.445. The van der Waals surface area contributed by atoms with Crippen molar-refractivity contribution < 1.29 is 0 Å². The van der Waals surface area contributed by atoms with Crippen LogP contribution in [-0.2, 0) is 6.54 Å². The second-order valence-corrected chi connectivity index (χ2v) is 5.65. The van der Waals surface area contributed by atoms with E-state index in [4.69, 9.17) is 18.0 Å². The topological polar surface area (TPSA) is 29.3 Å². The molecule has 3 heteroatoms. The van der Waals surface area contributed by atoms with Gasteiger partial charge in [0.25, 0.3) is 0 Å². The van der Waals surface area contributed by atoms with E-state index in [0.29, 0.717) is 4.99 Å². The molecule has 0 radical (unpaired) electrons. The van der Waals surface area contributed by atoms with Crippen LogP contribution in [0, 0.1) is 13.8 Å². The van der Waals surface area contributed by atoms with Crippen LogP contribution in [0.4, 0.5) is 5.69 Å². The van der Waals surface area contributed by atoms with E-state index in [0.717, 1.165) is 12.1 Å². The van der Waals surface area contributed by atoms with E-state index in [1.807, 2.05) is 12.1 Å². The van der Waals surface area contributed by atoms with Gasteiger partial charge < -0.3 is 10.6 Å². The van der Waals surface area contributed by atoms with Crippen LogP contribution in [0.3, 0.4) is 0 Å². The van der Waals surface area contributed by atoms with Crippen LogP contribution in [0.25, 0.3) is 0 Å². The van der Waals surface area contributed by atoms with Crippen LogP contribution >= 0.6 is 12.2 Å². The van der Waals surface area contributed by atoms with Crippen molar-refractivity contribution >= 4 is 22.9 Å². The Morgan fingerprint density at radius 2 is 1.90 bits per heavy atom. The first-order valence-corrected chi connectivity index (χ1v) is 7.05. The van der Waals surface area contributed by atoms with Crippen LogP contribution in [0.1, 0.15) is 22.3 Å². The Morgan fingerprint density at radius 1 is 1.15 bits per heavy atom. The van der Waals surface area contributed by atoms with Gasteiger partial charge >= 0.3 is 0 Å². The monoisotopic (exact) mass is 284 g/mol. The van der Waals surface area contributed by atoms with Gasteiger partial charge in [-0.3, -0.25) is 0 Å². The highest BCUT2D eigenvalue weighted by atomic mass is 32.1. The molecule has 0 unspecified atom stereocenters. The summed E-state index contributed by atoms with van der Waals surface area (Å²) in [5.74, 6) is 0. The highest BCUT2D eigenvalue weighted by molar-refractivity contribution is 7.80. The molecule has 2 aromatic rings. The van der Waals surface area contributed by atoms with Crippen molar-refractivity contribution in [1.82, 2.24) is 0 Å². The molecule has 0 heterocycles. The SMILES string of the molecule is Cc1ccc(N(C)Cc2cccc(C(N)=S)c2)c(C)c1. The number of anilines is 1. The van der Waals surface area contributed by atoms with Gasteiger partial charge in [0.2, 0.25) is 0 Å². The fraction of sp³-hybridized carbons (Fsp3) is 0.235. The third-order valence-electron chi connectivity index (χ3n) is 3.39.